The lowest BCUT2D eigenvalue weighted by molar-refractivity contribution is -0.117. The average molecular weight is 298 g/mol. The number of aromatic nitrogens is 4. The predicted molar refractivity (Wildman–Crippen MR) is 70.1 cm³/mol. The standard InChI is InChI=1S/C11H9Cl2N5O/c12-5-1-2-6(9(13)3-5)7-4-8(7)10(19)14-11-15-17-18-16-11/h1-3,7-8H,4H2,(H2,14,15,16,17,18,19). The van der Waals surface area contributed by atoms with E-state index in [9.17, 15) is 4.79 Å². The van der Waals surface area contributed by atoms with Gasteiger partial charge in [0.15, 0.2) is 0 Å². The molecule has 8 heteroatoms. The number of tetrazole rings is 1. The smallest absolute Gasteiger partial charge is 0.269 e. The Morgan fingerprint density at radius 2 is 2.26 bits per heavy atom. The van der Waals surface area contributed by atoms with E-state index in [0.29, 0.717) is 10.0 Å². The van der Waals surface area contributed by atoms with Crippen LogP contribution < -0.4 is 5.32 Å². The largest absolute Gasteiger partial charge is 0.292 e. The zero-order valence-electron chi connectivity index (χ0n) is 9.60. The number of aromatic amines is 1. The fraction of sp³-hybridized carbons (Fsp3) is 0.273. The first-order valence-corrected chi connectivity index (χ1v) is 6.40. The third-order valence-corrected chi connectivity index (χ3v) is 3.63. The summed E-state index contributed by atoms with van der Waals surface area (Å²) < 4.78 is 0. The number of carbonyl (C=O) groups is 1. The van der Waals surface area contributed by atoms with Crippen molar-refractivity contribution in [3.05, 3.63) is 33.8 Å². The number of amides is 1. The van der Waals surface area contributed by atoms with Crippen LogP contribution in [0, 0.1) is 5.92 Å². The van der Waals surface area contributed by atoms with Crippen LogP contribution >= 0.6 is 23.2 Å². The third kappa shape index (κ3) is 2.54. The SMILES string of the molecule is O=C(Nc1nn[nH]n1)C1CC1c1ccc(Cl)cc1Cl. The second-order valence-electron chi connectivity index (χ2n) is 4.34. The van der Waals surface area contributed by atoms with Crippen LogP contribution in [0.2, 0.25) is 10.0 Å². The van der Waals surface area contributed by atoms with Crippen molar-refractivity contribution in [2.24, 2.45) is 5.92 Å². The maximum atomic E-state index is 11.9. The van der Waals surface area contributed by atoms with Crippen molar-refractivity contribution in [3.63, 3.8) is 0 Å². The normalized spacial score (nSPS) is 21.2. The lowest BCUT2D eigenvalue weighted by Crippen LogP contribution is -2.15. The number of benzene rings is 1. The minimum absolute atomic E-state index is 0.114. The van der Waals surface area contributed by atoms with Gasteiger partial charge in [-0.15, -0.1) is 5.10 Å². The van der Waals surface area contributed by atoms with Gasteiger partial charge in [-0.05, 0) is 35.2 Å². The lowest BCUT2D eigenvalue weighted by Gasteiger charge is -2.04. The number of halogens is 2. The molecule has 1 aliphatic rings. The molecule has 2 N–H and O–H groups in total. The molecule has 2 unspecified atom stereocenters. The molecule has 19 heavy (non-hydrogen) atoms. The fourth-order valence-electron chi connectivity index (χ4n) is 2.05. The molecule has 1 amide bonds. The molecule has 0 saturated heterocycles. The van der Waals surface area contributed by atoms with Gasteiger partial charge < -0.3 is 0 Å². The first-order chi connectivity index (χ1) is 9.15. The molecule has 0 radical (unpaired) electrons. The van der Waals surface area contributed by atoms with E-state index < -0.39 is 0 Å². The summed E-state index contributed by atoms with van der Waals surface area (Å²) >= 11 is 12.0. The summed E-state index contributed by atoms with van der Waals surface area (Å²) in [6, 6.07) is 5.32. The molecule has 1 aromatic heterocycles. The molecular weight excluding hydrogens is 289 g/mol. The summed E-state index contributed by atoms with van der Waals surface area (Å²) in [6.07, 6.45) is 0.755. The van der Waals surface area contributed by atoms with Crippen molar-refractivity contribution in [2.75, 3.05) is 5.32 Å². The van der Waals surface area contributed by atoms with E-state index in [0.717, 1.165) is 12.0 Å². The minimum Gasteiger partial charge on any atom is -0.292 e. The van der Waals surface area contributed by atoms with E-state index in [-0.39, 0.29) is 23.7 Å². The Kier molecular flexibility index (Phi) is 3.12. The van der Waals surface area contributed by atoms with E-state index >= 15 is 0 Å². The number of rotatable bonds is 3. The molecule has 1 aromatic carbocycles. The highest BCUT2D eigenvalue weighted by atomic mass is 35.5. The van der Waals surface area contributed by atoms with Crippen LogP contribution in [0.4, 0.5) is 5.95 Å². The number of nitrogens with one attached hydrogen (secondary N) is 2. The van der Waals surface area contributed by atoms with Gasteiger partial charge in [-0.25, -0.2) is 0 Å². The summed E-state index contributed by atoms with van der Waals surface area (Å²) in [7, 11) is 0. The zero-order chi connectivity index (χ0) is 13.4. The number of hydrogen-bond donors (Lipinski definition) is 2. The summed E-state index contributed by atoms with van der Waals surface area (Å²) in [4.78, 5) is 11.9. The summed E-state index contributed by atoms with van der Waals surface area (Å²) in [5.41, 5.74) is 0.944. The third-order valence-electron chi connectivity index (χ3n) is 3.07. The summed E-state index contributed by atoms with van der Waals surface area (Å²) in [6.45, 7) is 0. The highest BCUT2D eigenvalue weighted by molar-refractivity contribution is 6.35. The molecular formula is C11H9Cl2N5O. The maximum absolute atomic E-state index is 11.9. The Morgan fingerprint density at radius 1 is 1.42 bits per heavy atom. The average Bonchev–Trinajstić information content (AvgIpc) is 2.99. The van der Waals surface area contributed by atoms with Gasteiger partial charge in [0.05, 0.1) is 0 Å². The predicted octanol–water partition coefficient (Wildman–Crippen LogP) is 2.25. The van der Waals surface area contributed by atoms with Gasteiger partial charge in [-0.2, -0.15) is 5.21 Å². The van der Waals surface area contributed by atoms with Gasteiger partial charge in [-0.3, -0.25) is 10.1 Å². The van der Waals surface area contributed by atoms with Crippen LogP contribution in [-0.4, -0.2) is 26.5 Å². The van der Waals surface area contributed by atoms with Crippen LogP contribution in [0.1, 0.15) is 17.9 Å². The summed E-state index contributed by atoms with van der Waals surface area (Å²) in [5.74, 6) is 0.0594. The van der Waals surface area contributed by atoms with E-state index in [1.54, 1.807) is 12.1 Å². The van der Waals surface area contributed by atoms with Crippen molar-refractivity contribution in [1.82, 2.24) is 20.6 Å². The molecule has 1 heterocycles. The molecule has 1 saturated carbocycles. The van der Waals surface area contributed by atoms with Crippen LogP contribution in [0.25, 0.3) is 0 Å². The number of carbonyl (C=O) groups excluding carboxylic acids is 1. The van der Waals surface area contributed by atoms with Crippen molar-refractivity contribution >= 4 is 35.1 Å². The van der Waals surface area contributed by atoms with Crippen molar-refractivity contribution < 1.29 is 4.79 Å². The summed E-state index contributed by atoms with van der Waals surface area (Å²) in [5, 5.41) is 16.7. The van der Waals surface area contributed by atoms with Crippen LogP contribution in [0.15, 0.2) is 18.2 Å². The quantitative estimate of drug-likeness (QED) is 0.910. The molecule has 0 spiro atoms. The van der Waals surface area contributed by atoms with Gasteiger partial charge in [0.25, 0.3) is 5.95 Å². The van der Waals surface area contributed by atoms with E-state index in [2.05, 4.69) is 25.9 Å². The van der Waals surface area contributed by atoms with E-state index in [1.165, 1.54) is 0 Å². The molecule has 2 aromatic rings. The van der Waals surface area contributed by atoms with E-state index in [1.807, 2.05) is 6.07 Å². The van der Waals surface area contributed by atoms with Gasteiger partial charge in [0.2, 0.25) is 5.91 Å². The first kappa shape index (κ1) is 12.4. The van der Waals surface area contributed by atoms with Crippen molar-refractivity contribution in [1.29, 1.82) is 0 Å². The van der Waals surface area contributed by atoms with Gasteiger partial charge in [0, 0.05) is 16.0 Å². The molecule has 98 valence electrons. The maximum Gasteiger partial charge on any atom is 0.269 e. The molecule has 6 nitrogen and oxygen atoms in total. The highest BCUT2D eigenvalue weighted by Crippen LogP contribution is 2.50. The Hall–Kier alpha value is -1.66. The topological polar surface area (TPSA) is 83.6 Å². The zero-order valence-corrected chi connectivity index (χ0v) is 11.1. The Labute approximate surface area is 118 Å². The van der Waals surface area contributed by atoms with Crippen LogP contribution in [0.3, 0.4) is 0 Å². The highest BCUT2D eigenvalue weighted by Gasteiger charge is 2.45. The van der Waals surface area contributed by atoms with Crippen LogP contribution in [0.5, 0.6) is 0 Å². The number of nitrogens with zero attached hydrogens (tertiary/aromatic N) is 3. The molecule has 1 fully saturated rings. The second-order valence-corrected chi connectivity index (χ2v) is 5.18. The molecule has 1 aliphatic carbocycles. The molecule has 2 atom stereocenters. The van der Waals surface area contributed by atoms with Crippen LogP contribution in [-0.2, 0) is 4.79 Å². The monoisotopic (exact) mass is 297 g/mol. The Balaban J connectivity index is 1.69. The second kappa shape index (κ2) is 4.79. The fourth-order valence-corrected chi connectivity index (χ4v) is 2.60. The first-order valence-electron chi connectivity index (χ1n) is 5.64. The van der Waals surface area contributed by atoms with Gasteiger partial charge >= 0.3 is 0 Å². The number of H-pyrrole nitrogens is 1. The van der Waals surface area contributed by atoms with E-state index in [4.69, 9.17) is 23.2 Å². The lowest BCUT2D eigenvalue weighted by atomic mass is 10.1. The molecule has 0 aliphatic heterocycles. The van der Waals surface area contributed by atoms with Gasteiger partial charge in [-0.1, -0.05) is 34.4 Å². The number of anilines is 1. The Bertz CT molecular complexity index is 616. The number of hydrogen-bond acceptors (Lipinski definition) is 4. The molecule has 3 rings (SSSR count). The van der Waals surface area contributed by atoms with Crippen molar-refractivity contribution in [2.45, 2.75) is 12.3 Å². The Morgan fingerprint density at radius 3 is 2.95 bits per heavy atom. The molecule has 0 bridgehead atoms. The van der Waals surface area contributed by atoms with Crippen molar-refractivity contribution in [3.8, 4) is 0 Å². The minimum atomic E-state index is -0.127. The van der Waals surface area contributed by atoms with Gasteiger partial charge in [0.1, 0.15) is 0 Å².